The number of hydrogen-bond acceptors (Lipinski definition) is 4. The van der Waals surface area contributed by atoms with E-state index in [1.54, 1.807) is 19.2 Å². The first-order chi connectivity index (χ1) is 12.5. The van der Waals surface area contributed by atoms with Crippen LogP contribution in [0.5, 0.6) is 5.75 Å². The van der Waals surface area contributed by atoms with E-state index < -0.39 is 0 Å². The van der Waals surface area contributed by atoms with Crippen molar-refractivity contribution in [1.82, 2.24) is 0 Å². The van der Waals surface area contributed by atoms with Crippen molar-refractivity contribution < 1.29 is 9.53 Å². The number of benzene rings is 2. The zero-order valence-electron chi connectivity index (χ0n) is 15.7. The zero-order chi connectivity index (χ0) is 18.7. The molecule has 0 radical (unpaired) electrons. The van der Waals surface area contributed by atoms with Gasteiger partial charge in [0.1, 0.15) is 5.75 Å². The molecule has 0 saturated carbocycles. The van der Waals surface area contributed by atoms with Crippen LogP contribution in [-0.2, 0) is 6.42 Å². The number of fused-ring (bicyclic) bond motifs is 1. The maximum absolute atomic E-state index is 12.8. The summed E-state index contributed by atoms with van der Waals surface area (Å²) in [6.07, 6.45) is 3.07. The Balaban J connectivity index is 2.01. The van der Waals surface area contributed by atoms with Crippen LogP contribution in [0.1, 0.15) is 54.6 Å². The Hall–Kier alpha value is -2.62. The Morgan fingerprint density at radius 1 is 1.19 bits per heavy atom. The third-order valence-electron chi connectivity index (χ3n) is 5.37. The first kappa shape index (κ1) is 18.2. The summed E-state index contributed by atoms with van der Waals surface area (Å²) in [6, 6.07) is 13.2. The van der Waals surface area contributed by atoms with Crippen LogP contribution in [0.3, 0.4) is 0 Å². The Bertz CT molecular complexity index is 851. The second kappa shape index (κ2) is 7.32. The molecule has 2 aromatic carbocycles. The number of nitrogen functional groups attached to an aromatic ring is 1. The van der Waals surface area contributed by atoms with Gasteiger partial charge in [-0.2, -0.15) is 0 Å². The zero-order valence-corrected chi connectivity index (χ0v) is 15.7. The summed E-state index contributed by atoms with van der Waals surface area (Å²) >= 11 is 0. The minimum atomic E-state index is -0.132. The molecule has 1 aliphatic heterocycles. The number of rotatable bonds is 6. The number of methoxy groups -OCH3 is 1. The minimum absolute atomic E-state index is 0.0350. The van der Waals surface area contributed by atoms with Gasteiger partial charge in [-0.15, -0.1) is 0 Å². The predicted molar refractivity (Wildman–Crippen MR) is 106 cm³/mol. The number of carbonyl (C=O) groups excluding carboxylic acids is 1. The summed E-state index contributed by atoms with van der Waals surface area (Å²) in [4.78, 5) is 17.9. The van der Waals surface area contributed by atoms with Crippen molar-refractivity contribution in [2.24, 2.45) is 4.99 Å². The Kier molecular flexibility index (Phi) is 5.12. The van der Waals surface area contributed by atoms with Gasteiger partial charge in [-0.25, -0.2) is 0 Å². The number of aliphatic imine (C=N–C) groups is 1. The quantitative estimate of drug-likeness (QED) is 0.618. The van der Waals surface area contributed by atoms with Crippen LogP contribution in [0.2, 0.25) is 0 Å². The fourth-order valence-corrected chi connectivity index (χ4v) is 3.61. The van der Waals surface area contributed by atoms with Crippen molar-refractivity contribution in [2.45, 2.75) is 45.1 Å². The third kappa shape index (κ3) is 3.50. The smallest absolute Gasteiger partial charge is 0.168 e. The Morgan fingerprint density at radius 2 is 1.96 bits per heavy atom. The molecule has 0 aromatic heterocycles. The normalized spacial score (nSPS) is 15.1. The number of nitrogens with zero attached hydrogens (tertiary/aromatic N) is 1. The highest BCUT2D eigenvalue weighted by atomic mass is 16.5. The molecule has 4 nitrogen and oxygen atoms in total. The van der Waals surface area contributed by atoms with Crippen molar-refractivity contribution in [3.63, 3.8) is 0 Å². The molecule has 4 heteroatoms. The summed E-state index contributed by atoms with van der Waals surface area (Å²) in [7, 11) is 1.65. The van der Waals surface area contributed by atoms with Crippen LogP contribution in [0.25, 0.3) is 0 Å². The van der Waals surface area contributed by atoms with E-state index in [4.69, 9.17) is 15.5 Å². The first-order valence-electron chi connectivity index (χ1n) is 9.15. The highest BCUT2D eigenvalue weighted by molar-refractivity contribution is 6.17. The van der Waals surface area contributed by atoms with Crippen molar-refractivity contribution in [2.75, 3.05) is 12.8 Å². The number of ether oxygens (including phenoxy) is 1. The summed E-state index contributed by atoms with van der Waals surface area (Å²) in [5.41, 5.74) is 10.0. The van der Waals surface area contributed by atoms with Gasteiger partial charge in [0.05, 0.1) is 24.8 Å². The van der Waals surface area contributed by atoms with E-state index in [-0.39, 0.29) is 17.7 Å². The van der Waals surface area contributed by atoms with E-state index >= 15 is 0 Å². The fourth-order valence-electron chi connectivity index (χ4n) is 3.61. The molecule has 2 aromatic rings. The van der Waals surface area contributed by atoms with Crippen molar-refractivity contribution in [3.8, 4) is 5.75 Å². The van der Waals surface area contributed by atoms with Gasteiger partial charge in [0.25, 0.3) is 0 Å². The van der Waals surface area contributed by atoms with Gasteiger partial charge in [0, 0.05) is 16.8 Å². The molecule has 0 spiro atoms. The molecule has 2 N–H and O–H groups in total. The molecule has 1 aliphatic rings. The topological polar surface area (TPSA) is 64.7 Å². The van der Waals surface area contributed by atoms with E-state index in [0.29, 0.717) is 11.3 Å². The van der Waals surface area contributed by atoms with E-state index in [9.17, 15) is 4.79 Å². The molecule has 0 fully saturated rings. The molecule has 0 amide bonds. The standard InChI is InChI=1S/C22H26N2O2/c1-4-22(5-2)14-16-9-10-18(26-3)12-19(16)20(24-22)13-21(25)15-7-6-8-17(23)11-15/h6-12H,4-5,13-14,23H2,1-3H3. The molecule has 3 rings (SSSR count). The lowest BCUT2D eigenvalue weighted by atomic mass is 9.80. The van der Waals surface area contributed by atoms with E-state index in [0.717, 1.165) is 36.3 Å². The number of ketones is 1. The Labute approximate surface area is 155 Å². The van der Waals surface area contributed by atoms with Crippen molar-refractivity contribution in [3.05, 3.63) is 59.2 Å². The highest BCUT2D eigenvalue weighted by Gasteiger charge is 2.33. The van der Waals surface area contributed by atoms with E-state index in [1.807, 2.05) is 24.3 Å². The second-order valence-electron chi connectivity index (χ2n) is 6.92. The molecular formula is C22H26N2O2. The number of anilines is 1. The van der Waals surface area contributed by atoms with Gasteiger partial charge >= 0.3 is 0 Å². The molecule has 1 heterocycles. The van der Waals surface area contributed by atoms with Crippen LogP contribution < -0.4 is 10.5 Å². The molecule has 136 valence electrons. The monoisotopic (exact) mass is 350 g/mol. The Morgan fingerprint density at radius 3 is 2.62 bits per heavy atom. The minimum Gasteiger partial charge on any atom is -0.497 e. The maximum atomic E-state index is 12.8. The second-order valence-corrected chi connectivity index (χ2v) is 6.92. The fraction of sp³-hybridized carbons (Fsp3) is 0.364. The van der Waals surface area contributed by atoms with E-state index in [2.05, 4.69) is 19.9 Å². The van der Waals surface area contributed by atoms with Crippen LogP contribution in [-0.4, -0.2) is 24.1 Å². The molecule has 0 bridgehead atoms. The van der Waals surface area contributed by atoms with Crippen LogP contribution >= 0.6 is 0 Å². The van der Waals surface area contributed by atoms with Crippen molar-refractivity contribution in [1.29, 1.82) is 0 Å². The number of Topliss-reactive ketones (excluding diaryl/α,β-unsaturated/α-hetero) is 1. The van der Waals surface area contributed by atoms with Crippen molar-refractivity contribution >= 4 is 17.2 Å². The van der Waals surface area contributed by atoms with Gasteiger partial charge in [0.2, 0.25) is 0 Å². The lowest BCUT2D eigenvalue weighted by molar-refractivity contribution is 0.100. The van der Waals surface area contributed by atoms with Gasteiger partial charge in [-0.3, -0.25) is 9.79 Å². The lowest BCUT2D eigenvalue weighted by Crippen LogP contribution is -2.34. The summed E-state index contributed by atoms with van der Waals surface area (Å²) in [6.45, 7) is 4.33. The van der Waals surface area contributed by atoms with Gasteiger partial charge in [-0.1, -0.05) is 32.0 Å². The molecular weight excluding hydrogens is 324 g/mol. The highest BCUT2D eigenvalue weighted by Crippen LogP contribution is 2.35. The largest absolute Gasteiger partial charge is 0.497 e. The summed E-state index contributed by atoms with van der Waals surface area (Å²) in [5.74, 6) is 0.821. The molecule has 0 unspecified atom stereocenters. The summed E-state index contributed by atoms with van der Waals surface area (Å²) < 4.78 is 5.38. The van der Waals surface area contributed by atoms with Gasteiger partial charge in [-0.05, 0) is 49.1 Å². The lowest BCUT2D eigenvalue weighted by Gasteiger charge is -2.34. The van der Waals surface area contributed by atoms with E-state index in [1.165, 1.54) is 5.56 Å². The molecule has 26 heavy (non-hydrogen) atoms. The van der Waals surface area contributed by atoms with Gasteiger partial charge < -0.3 is 10.5 Å². The number of nitrogens with two attached hydrogens (primary N) is 1. The number of hydrogen-bond donors (Lipinski definition) is 1. The molecule has 0 saturated heterocycles. The van der Waals surface area contributed by atoms with Gasteiger partial charge in [0.15, 0.2) is 5.78 Å². The number of carbonyl (C=O) groups is 1. The molecule has 0 atom stereocenters. The van der Waals surface area contributed by atoms with Crippen LogP contribution in [0.15, 0.2) is 47.5 Å². The third-order valence-corrected chi connectivity index (χ3v) is 5.37. The predicted octanol–water partition coefficient (Wildman–Crippen LogP) is 4.45. The average molecular weight is 350 g/mol. The molecule has 0 aliphatic carbocycles. The average Bonchev–Trinajstić information content (AvgIpc) is 2.67. The summed E-state index contributed by atoms with van der Waals surface area (Å²) in [5, 5.41) is 0. The maximum Gasteiger partial charge on any atom is 0.168 e. The first-order valence-corrected chi connectivity index (χ1v) is 9.15. The van der Waals surface area contributed by atoms with Crippen LogP contribution in [0, 0.1) is 0 Å². The van der Waals surface area contributed by atoms with Crippen LogP contribution in [0.4, 0.5) is 5.69 Å². The SMILES string of the molecule is CCC1(CC)Cc2ccc(OC)cc2C(CC(=O)c2cccc(N)c2)=N1.